The van der Waals surface area contributed by atoms with Gasteiger partial charge in [-0.1, -0.05) is 18.2 Å². The van der Waals surface area contributed by atoms with Crippen LogP contribution in [0.1, 0.15) is 0 Å². The van der Waals surface area contributed by atoms with E-state index >= 15 is 0 Å². The fraction of sp³-hybridized carbons (Fsp3) is 0.538. The van der Waals surface area contributed by atoms with Crippen molar-refractivity contribution in [2.75, 3.05) is 45.6 Å². The summed E-state index contributed by atoms with van der Waals surface area (Å²) in [7, 11) is -5.63. The van der Waals surface area contributed by atoms with Crippen LogP contribution < -0.4 is 14.8 Å². The molecule has 0 radical (unpaired) electrons. The number of ether oxygens (including phenoxy) is 1. The molecule has 0 spiro atoms. The van der Waals surface area contributed by atoms with Crippen LogP contribution in [-0.4, -0.2) is 62.5 Å². The van der Waals surface area contributed by atoms with Crippen LogP contribution in [0.25, 0.3) is 0 Å². The molecule has 0 aliphatic heterocycles. The fourth-order valence-corrected chi connectivity index (χ4v) is 3.77. The van der Waals surface area contributed by atoms with Gasteiger partial charge in [0.25, 0.3) is 0 Å². The lowest BCUT2D eigenvalue weighted by Gasteiger charge is -2.09. The van der Waals surface area contributed by atoms with Crippen molar-refractivity contribution in [3.05, 3.63) is 30.3 Å². The van der Waals surface area contributed by atoms with Crippen molar-refractivity contribution in [2.24, 2.45) is 0 Å². The van der Waals surface area contributed by atoms with Crippen LogP contribution in [0, 0.1) is 0 Å². The molecule has 23 heavy (non-hydrogen) atoms. The van der Waals surface area contributed by atoms with Gasteiger partial charge in [0.1, 0.15) is 0 Å². The average Bonchev–Trinajstić information content (AvgIpc) is 2.51. The van der Waals surface area contributed by atoms with E-state index in [1.807, 2.05) is 0 Å². The molecule has 0 aliphatic rings. The van der Waals surface area contributed by atoms with Gasteiger partial charge in [0.2, 0.25) is 20.0 Å². The highest BCUT2D eigenvalue weighted by Gasteiger charge is 2.15. The van der Waals surface area contributed by atoms with Gasteiger partial charge in [-0.15, -0.1) is 0 Å². The van der Waals surface area contributed by atoms with Gasteiger partial charge in [-0.05, 0) is 12.1 Å². The van der Waals surface area contributed by atoms with Gasteiger partial charge in [-0.25, -0.2) is 26.3 Å². The first-order valence-corrected chi connectivity index (χ1v) is 10.2. The number of sulfonamides is 2. The molecule has 0 aliphatic carbocycles. The zero-order valence-corrected chi connectivity index (χ0v) is 14.6. The molecule has 1 aromatic rings. The van der Waals surface area contributed by atoms with Gasteiger partial charge < -0.3 is 10.1 Å². The van der Waals surface area contributed by atoms with E-state index < -0.39 is 20.0 Å². The van der Waals surface area contributed by atoms with Crippen LogP contribution >= 0.6 is 0 Å². The van der Waals surface area contributed by atoms with Crippen LogP contribution in [0.3, 0.4) is 0 Å². The lowest BCUT2D eigenvalue weighted by molar-refractivity contribution is 0.199. The molecule has 132 valence electrons. The van der Waals surface area contributed by atoms with Gasteiger partial charge >= 0.3 is 0 Å². The number of nitrogens with one attached hydrogen (secondary N) is 3. The maximum absolute atomic E-state index is 11.9. The Balaban J connectivity index is 2.31. The first-order valence-electron chi connectivity index (χ1n) is 7.09. The molecule has 0 fully saturated rings. The molecule has 0 unspecified atom stereocenters. The molecule has 0 amide bonds. The Kier molecular flexibility index (Phi) is 8.66. The summed E-state index contributed by atoms with van der Waals surface area (Å²) < 4.78 is 56.9. The SMILES string of the molecule is COCCNCCNS(=O)(=O)CCNS(=O)(=O)c1ccccc1. The lowest BCUT2D eigenvalue weighted by atomic mass is 10.4. The van der Waals surface area contributed by atoms with Gasteiger partial charge in [0.15, 0.2) is 0 Å². The summed E-state index contributed by atoms with van der Waals surface area (Å²) in [6.07, 6.45) is 0. The molecular weight excluding hydrogens is 342 g/mol. The molecule has 1 aromatic carbocycles. The standard InChI is InChI=1S/C13H23N3O5S2/c1-21-11-9-14-7-8-15-22(17,18)12-10-16-23(19,20)13-5-3-2-4-6-13/h2-6,14-16H,7-12H2,1H3. The first-order chi connectivity index (χ1) is 10.9. The molecule has 0 saturated heterocycles. The van der Waals surface area contributed by atoms with Crippen LogP contribution in [-0.2, 0) is 24.8 Å². The van der Waals surface area contributed by atoms with Crippen molar-refractivity contribution in [2.45, 2.75) is 4.90 Å². The summed E-state index contributed by atoms with van der Waals surface area (Å²) in [4.78, 5) is 0.104. The Morgan fingerprint density at radius 2 is 1.61 bits per heavy atom. The average molecular weight is 365 g/mol. The molecule has 0 atom stereocenters. The molecule has 10 heteroatoms. The number of rotatable bonds is 12. The zero-order chi connectivity index (χ0) is 17.2. The highest BCUT2D eigenvalue weighted by atomic mass is 32.2. The largest absolute Gasteiger partial charge is 0.383 e. The Hall–Kier alpha value is -1.04. The maximum Gasteiger partial charge on any atom is 0.240 e. The van der Waals surface area contributed by atoms with Gasteiger partial charge in [0.05, 0.1) is 17.3 Å². The summed E-state index contributed by atoms with van der Waals surface area (Å²) in [6.45, 7) is 1.70. The van der Waals surface area contributed by atoms with Gasteiger partial charge in [-0.3, -0.25) is 0 Å². The van der Waals surface area contributed by atoms with E-state index in [0.717, 1.165) is 0 Å². The van der Waals surface area contributed by atoms with Crippen molar-refractivity contribution in [3.8, 4) is 0 Å². The number of benzene rings is 1. The van der Waals surface area contributed by atoms with Crippen LogP contribution in [0.2, 0.25) is 0 Å². The summed E-state index contributed by atoms with van der Waals surface area (Å²) in [5.74, 6) is -0.322. The smallest absolute Gasteiger partial charge is 0.240 e. The Morgan fingerprint density at radius 1 is 0.913 bits per heavy atom. The normalized spacial score (nSPS) is 12.4. The highest BCUT2D eigenvalue weighted by molar-refractivity contribution is 7.90. The Labute approximate surface area is 137 Å². The molecule has 8 nitrogen and oxygen atoms in total. The van der Waals surface area contributed by atoms with Crippen molar-refractivity contribution in [1.82, 2.24) is 14.8 Å². The number of methoxy groups -OCH3 is 1. The Bertz CT molecular complexity index is 647. The third-order valence-corrected chi connectivity index (χ3v) is 5.69. The minimum atomic E-state index is -3.69. The fourth-order valence-electron chi connectivity index (χ4n) is 1.66. The van der Waals surface area contributed by atoms with E-state index in [9.17, 15) is 16.8 Å². The van der Waals surface area contributed by atoms with E-state index in [1.165, 1.54) is 12.1 Å². The molecular formula is C13H23N3O5S2. The summed E-state index contributed by atoms with van der Waals surface area (Å²) in [6, 6.07) is 7.79. The van der Waals surface area contributed by atoms with Gasteiger partial charge in [-0.2, -0.15) is 0 Å². The number of hydrogen-bond donors (Lipinski definition) is 3. The molecule has 3 N–H and O–H groups in total. The molecule has 0 heterocycles. The third kappa shape index (κ3) is 8.39. The summed E-state index contributed by atoms with van der Waals surface area (Å²) in [5.41, 5.74) is 0. The Morgan fingerprint density at radius 3 is 2.26 bits per heavy atom. The van der Waals surface area contributed by atoms with E-state index in [-0.39, 0.29) is 23.7 Å². The van der Waals surface area contributed by atoms with Crippen molar-refractivity contribution >= 4 is 20.0 Å². The van der Waals surface area contributed by atoms with Crippen LogP contribution in [0.5, 0.6) is 0 Å². The predicted octanol–water partition coefficient (Wildman–Crippen LogP) is -0.880. The van der Waals surface area contributed by atoms with Crippen LogP contribution in [0.15, 0.2) is 35.2 Å². The monoisotopic (exact) mass is 365 g/mol. The molecule has 0 aromatic heterocycles. The second kappa shape index (κ2) is 9.96. The zero-order valence-electron chi connectivity index (χ0n) is 13.0. The topological polar surface area (TPSA) is 114 Å². The van der Waals surface area contributed by atoms with E-state index in [1.54, 1.807) is 25.3 Å². The molecule has 0 bridgehead atoms. The second-order valence-electron chi connectivity index (χ2n) is 4.67. The lowest BCUT2D eigenvalue weighted by Crippen LogP contribution is -2.37. The summed E-state index contributed by atoms with van der Waals surface area (Å²) >= 11 is 0. The highest BCUT2D eigenvalue weighted by Crippen LogP contribution is 2.06. The van der Waals surface area contributed by atoms with E-state index in [4.69, 9.17) is 4.74 Å². The molecule has 0 saturated carbocycles. The van der Waals surface area contributed by atoms with Crippen molar-refractivity contribution in [1.29, 1.82) is 0 Å². The van der Waals surface area contributed by atoms with Crippen molar-refractivity contribution < 1.29 is 21.6 Å². The number of hydrogen-bond acceptors (Lipinski definition) is 6. The quantitative estimate of drug-likeness (QED) is 0.415. The third-order valence-electron chi connectivity index (χ3n) is 2.82. The minimum absolute atomic E-state index is 0.104. The van der Waals surface area contributed by atoms with E-state index in [0.29, 0.717) is 19.7 Å². The summed E-state index contributed by atoms with van der Waals surface area (Å²) in [5, 5.41) is 3.00. The van der Waals surface area contributed by atoms with Crippen molar-refractivity contribution in [3.63, 3.8) is 0 Å². The van der Waals surface area contributed by atoms with Gasteiger partial charge in [0, 0.05) is 33.3 Å². The minimum Gasteiger partial charge on any atom is -0.383 e. The van der Waals surface area contributed by atoms with Crippen LogP contribution in [0.4, 0.5) is 0 Å². The predicted molar refractivity (Wildman–Crippen MR) is 88.2 cm³/mol. The maximum atomic E-state index is 11.9. The van der Waals surface area contributed by atoms with E-state index in [2.05, 4.69) is 14.8 Å². The second-order valence-corrected chi connectivity index (χ2v) is 8.36. The first kappa shape index (κ1) is 20.0. The molecule has 1 rings (SSSR count).